The topological polar surface area (TPSA) is 37.3 Å². The number of halogens is 1. The molecule has 2 atom stereocenters. The third kappa shape index (κ3) is 2.96. The molecule has 0 amide bonds. The lowest BCUT2D eigenvalue weighted by Gasteiger charge is -2.14. The number of Topliss-reactive ketones (excluding diaryl/α,β-unsaturated/α-hetero) is 1. The van der Waals surface area contributed by atoms with Crippen LogP contribution in [0.4, 0.5) is 4.39 Å². The van der Waals surface area contributed by atoms with Gasteiger partial charge in [0.2, 0.25) is 0 Å². The van der Waals surface area contributed by atoms with Crippen LogP contribution in [-0.2, 0) is 6.42 Å². The summed E-state index contributed by atoms with van der Waals surface area (Å²) in [7, 11) is 0. The number of ketones is 1. The lowest BCUT2D eigenvalue weighted by Crippen LogP contribution is -2.18. The maximum absolute atomic E-state index is 13.4. The number of aliphatic hydroxyl groups excluding tert-OH is 1. The van der Waals surface area contributed by atoms with Gasteiger partial charge in [-0.1, -0.05) is 48.5 Å². The van der Waals surface area contributed by atoms with E-state index in [2.05, 4.69) is 0 Å². The summed E-state index contributed by atoms with van der Waals surface area (Å²) >= 11 is 0. The van der Waals surface area contributed by atoms with Gasteiger partial charge < -0.3 is 5.11 Å². The van der Waals surface area contributed by atoms with Crippen LogP contribution in [0.5, 0.6) is 0 Å². The molecule has 4 rings (SSSR count). The minimum atomic E-state index is -0.462. The first-order chi connectivity index (χ1) is 12.1. The van der Waals surface area contributed by atoms with Gasteiger partial charge in [-0.05, 0) is 47.4 Å². The second kappa shape index (κ2) is 6.08. The molecule has 1 fully saturated rings. The first kappa shape index (κ1) is 16.0. The Balaban J connectivity index is 1.57. The predicted molar refractivity (Wildman–Crippen MR) is 96.0 cm³/mol. The summed E-state index contributed by atoms with van der Waals surface area (Å²) in [6.45, 7) is -0.0620. The van der Waals surface area contributed by atoms with Crippen LogP contribution in [0, 0.1) is 17.2 Å². The van der Waals surface area contributed by atoms with Crippen molar-refractivity contribution in [3.63, 3.8) is 0 Å². The minimum Gasteiger partial charge on any atom is -0.396 e. The molecular formula is C22H19FO2. The molecule has 0 bridgehead atoms. The van der Waals surface area contributed by atoms with Gasteiger partial charge in [-0.2, -0.15) is 0 Å². The normalized spacial score (nSPS) is 22.1. The predicted octanol–water partition coefficient (Wildman–Crippen LogP) is 4.40. The molecule has 1 N–H and O–H groups in total. The standard InChI is InChI=1S/C22H19FO2/c23-19-7-3-4-15(10-19)12-22(14-24)13-20(22)21(25)18-9-8-16-5-1-2-6-17(16)11-18/h1-11,20,24H,12-14H2/t20?,22-/m0/s1. The molecule has 0 aromatic heterocycles. The van der Waals surface area contributed by atoms with Crippen LogP contribution in [0.2, 0.25) is 0 Å². The van der Waals surface area contributed by atoms with Gasteiger partial charge >= 0.3 is 0 Å². The molecule has 2 nitrogen and oxygen atoms in total. The van der Waals surface area contributed by atoms with Crippen molar-refractivity contribution in [1.29, 1.82) is 0 Å². The van der Waals surface area contributed by atoms with E-state index in [1.807, 2.05) is 48.5 Å². The zero-order valence-electron chi connectivity index (χ0n) is 13.8. The van der Waals surface area contributed by atoms with Crippen molar-refractivity contribution in [2.24, 2.45) is 11.3 Å². The number of carbonyl (C=O) groups excluding carboxylic acids is 1. The van der Waals surface area contributed by atoms with E-state index < -0.39 is 5.41 Å². The maximum atomic E-state index is 13.4. The van der Waals surface area contributed by atoms with Gasteiger partial charge in [0.05, 0.1) is 0 Å². The van der Waals surface area contributed by atoms with E-state index in [0.29, 0.717) is 18.4 Å². The van der Waals surface area contributed by atoms with Crippen molar-refractivity contribution < 1.29 is 14.3 Å². The Labute approximate surface area is 145 Å². The number of rotatable bonds is 5. The summed E-state index contributed by atoms with van der Waals surface area (Å²) in [5.74, 6) is -0.429. The lowest BCUT2D eigenvalue weighted by molar-refractivity contribution is 0.0925. The first-order valence-corrected chi connectivity index (χ1v) is 8.50. The van der Waals surface area contributed by atoms with E-state index in [9.17, 15) is 14.3 Å². The molecular weight excluding hydrogens is 315 g/mol. The number of hydrogen-bond donors (Lipinski definition) is 1. The van der Waals surface area contributed by atoms with Gasteiger partial charge in [-0.15, -0.1) is 0 Å². The SMILES string of the molecule is O=C(c1ccc2ccccc2c1)C1C[C@]1(CO)Cc1cccc(F)c1. The number of hydrogen-bond acceptors (Lipinski definition) is 2. The van der Waals surface area contributed by atoms with E-state index in [1.165, 1.54) is 12.1 Å². The van der Waals surface area contributed by atoms with Crippen LogP contribution in [-0.4, -0.2) is 17.5 Å². The van der Waals surface area contributed by atoms with Crippen LogP contribution in [0.25, 0.3) is 10.8 Å². The molecule has 25 heavy (non-hydrogen) atoms. The van der Waals surface area contributed by atoms with Gasteiger partial charge in [-0.3, -0.25) is 4.79 Å². The van der Waals surface area contributed by atoms with Crippen molar-refractivity contribution in [3.05, 3.63) is 83.7 Å². The molecule has 0 aliphatic heterocycles. The van der Waals surface area contributed by atoms with E-state index >= 15 is 0 Å². The molecule has 0 spiro atoms. The Kier molecular flexibility index (Phi) is 3.89. The van der Waals surface area contributed by atoms with Crippen LogP contribution >= 0.6 is 0 Å². The van der Waals surface area contributed by atoms with Crippen LogP contribution in [0.3, 0.4) is 0 Å². The molecule has 3 aromatic rings. The summed E-state index contributed by atoms with van der Waals surface area (Å²) in [5, 5.41) is 12.0. The van der Waals surface area contributed by atoms with Crippen molar-refractivity contribution in [2.45, 2.75) is 12.8 Å². The maximum Gasteiger partial charge on any atom is 0.166 e. The summed E-state index contributed by atoms with van der Waals surface area (Å²) < 4.78 is 13.4. The Morgan fingerprint density at radius 3 is 2.60 bits per heavy atom. The number of benzene rings is 3. The van der Waals surface area contributed by atoms with E-state index in [4.69, 9.17) is 0 Å². The van der Waals surface area contributed by atoms with E-state index in [0.717, 1.165) is 16.3 Å². The summed E-state index contributed by atoms with van der Waals surface area (Å²) in [5.41, 5.74) is 1.04. The smallest absolute Gasteiger partial charge is 0.166 e. The number of aliphatic hydroxyl groups is 1. The summed E-state index contributed by atoms with van der Waals surface area (Å²) in [6.07, 6.45) is 1.16. The second-order valence-corrected chi connectivity index (χ2v) is 7.01. The van der Waals surface area contributed by atoms with E-state index in [-0.39, 0.29) is 24.1 Å². The summed E-state index contributed by atoms with van der Waals surface area (Å²) in [6, 6.07) is 20.1. The fourth-order valence-corrected chi connectivity index (χ4v) is 3.74. The van der Waals surface area contributed by atoms with E-state index in [1.54, 1.807) is 6.07 Å². The largest absolute Gasteiger partial charge is 0.396 e. The zero-order chi connectivity index (χ0) is 17.4. The van der Waals surface area contributed by atoms with Gasteiger partial charge in [0.25, 0.3) is 0 Å². The van der Waals surface area contributed by atoms with Crippen LogP contribution in [0.1, 0.15) is 22.3 Å². The summed E-state index contributed by atoms with van der Waals surface area (Å²) in [4.78, 5) is 12.9. The third-order valence-electron chi connectivity index (χ3n) is 5.30. The molecule has 1 aliphatic rings. The first-order valence-electron chi connectivity index (χ1n) is 8.50. The number of carbonyl (C=O) groups is 1. The molecule has 0 saturated heterocycles. The quantitative estimate of drug-likeness (QED) is 0.702. The molecule has 1 aliphatic carbocycles. The molecule has 1 unspecified atom stereocenters. The fourth-order valence-electron chi connectivity index (χ4n) is 3.74. The molecule has 3 aromatic carbocycles. The van der Waals surface area contributed by atoms with Crippen LogP contribution < -0.4 is 0 Å². The van der Waals surface area contributed by atoms with Gasteiger partial charge in [0, 0.05) is 23.5 Å². The van der Waals surface area contributed by atoms with Crippen molar-refractivity contribution >= 4 is 16.6 Å². The van der Waals surface area contributed by atoms with Gasteiger partial charge in [0.15, 0.2) is 5.78 Å². The molecule has 3 heteroatoms. The highest BCUT2D eigenvalue weighted by Gasteiger charge is 2.57. The third-order valence-corrected chi connectivity index (χ3v) is 5.30. The molecule has 0 heterocycles. The van der Waals surface area contributed by atoms with Gasteiger partial charge in [0.1, 0.15) is 5.82 Å². The Morgan fingerprint density at radius 2 is 1.84 bits per heavy atom. The second-order valence-electron chi connectivity index (χ2n) is 7.01. The van der Waals surface area contributed by atoms with Crippen molar-refractivity contribution in [1.82, 2.24) is 0 Å². The Bertz CT molecular complexity index is 949. The molecule has 1 saturated carbocycles. The number of fused-ring (bicyclic) bond motifs is 1. The molecule has 126 valence electrons. The molecule has 0 radical (unpaired) electrons. The fraction of sp³-hybridized carbons (Fsp3) is 0.227. The van der Waals surface area contributed by atoms with Gasteiger partial charge in [-0.25, -0.2) is 4.39 Å². The average Bonchev–Trinajstić information content (AvgIpc) is 3.35. The Morgan fingerprint density at radius 1 is 1.04 bits per heavy atom. The van der Waals surface area contributed by atoms with Crippen molar-refractivity contribution in [3.8, 4) is 0 Å². The lowest BCUT2D eigenvalue weighted by atomic mass is 9.91. The average molecular weight is 334 g/mol. The zero-order valence-corrected chi connectivity index (χ0v) is 13.8. The van der Waals surface area contributed by atoms with Crippen LogP contribution in [0.15, 0.2) is 66.7 Å². The minimum absolute atomic E-state index is 0.0620. The monoisotopic (exact) mass is 334 g/mol. The highest BCUT2D eigenvalue weighted by Crippen LogP contribution is 2.55. The Hall–Kier alpha value is -2.52. The van der Waals surface area contributed by atoms with Crippen molar-refractivity contribution in [2.75, 3.05) is 6.61 Å². The highest BCUT2D eigenvalue weighted by molar-refractivity contribution is 6.03. The highest BCUT2D eigenvalue weighted by atomic mass is 19.1.